The zero-order chi connectivity index (χ0) is 18.0. The van der Waals surface area contributed by atoms with E-state index in [2.05, 4.69) is 15.4 Å². The summed E-state index contributed by atoms with van der Waals surface area (Å²) in [6, 6.07) is 5.55. The van der Waals surface area contributed by atoms with E-state index in [1.807, 2.05) is 24.6 Å². The maximum absolute atomic E-state index is 12.3. The number of hydrogen-bond donors (Lipinski definition) is 2. The highest BCUT2D eigenvalue weighted by Gasteiger charge is 2.46. The monoisotopic (exact) mass is 399 g/mol. The van der Waals surface area contributed by atoms with Gasteiger partial charge in [-0.3, -0.25) is 4.79 Å². The van der Waals surface area contributed by atoms with Gasteiger partial charge in [-0.25, -0.2) is 0 Å². The molecule has 0 spiro atoms. The molecule has 1 aliphatic heterocycles. The Morgan fingerprint density at radius 3 is 2.92 bits per heavy atom. The fourth-order valence-electron chi connectivity index (χ4n) is 3.24. The van der Waals surface area contributed by atoms with Crippen LogP contribution >= 0.6 is 35.0 Å². The van der Waals surface area contributed by atoms with E-state index in [4.69, 9.17) is 28.4 Å². The minimum atomic E-state index is -0.781. The molecule has 134 valence electrons. The van der Waals surface area contributed by atoms with Crippen LogP contribution in [0.4, 0.5) is 0 Å². The lowest BCUT2D eigenvalue weighted by Crippen LogP contribution is -2.54. The van der Waals surface area contributed by atoms with Crippen LogP contribution in [-0.4, -0.2) is 27.8 Å². The fraction of sp³-hybridized carbons (Fsp3) is 0.412. The first kappa shape index (κ1) is 18.4. The number of amides is 1. The maximum Gasteiger partial charge on any atom is 0.222 e. The zero-order valence-corrected chi connectivity index (χ0v) is 16.0. The van der Waals surface area contributed by atoms with Gasteiger partial charge in [0, 0.05) is 30.6 Å². The lowest BCUT2D eigenvalue weighted by Gasteiger charge is -2.43. The minimum absolute atomic E-state index is 0.0543. The van der Waals surface area contributed by atoms with Crippen molar-refractivity contribution in [2.45, 2.75) is 43.6 Å². The van der Waals surface area contributed by atoms with Gasteiger partial charge in [-0.1, -0.05) is 53.1 Å². The molecular formula is C17H19Cl2N3O2S. The molecule has 0 aromatic heterocycles. The number of rotatable bonds is 4. The highest BCUT2D eigenvalue weighted by atomic mass is 35.5. The third kappa shape index (κ3) is 3.48. The molecule has 8 heteroatoms. The van der Waals surface area contributed by atoms with Gasteiger partial charge in [0.15, 0.2) is 4.99 Å². The molecule has 1 aromatic carbocycles. The van der Waals surface area contributed by atoms with Crippen LogP contribution in [-0.2, 0) is 9.79 Å². The quantitative estimate of drug-likeness (QED) is 0.576. The maximum atomic E-state index is 12.3. The molecule has 25 heavy (non-hydrogen) atoms. The van der Waals surface area contributed by atoms with Gasteiger partial charge < -0.3 is 15.4 Å². The van der Waals surface area contributed by atoms with Crippen LogP contribution in [0, 0.1) is 0 Å². The summed E-state index contributed by atoms with van der Waals surface area (Å²) in [5.74, 6) is -0.0543. The van der Waals surface area contributed by atoms with E-state index in [1.54, 1.807) is 12.1 Å². The Morgan fingerprint density at radius 1 is 1.48 bits per heavy atom. The second-order valence-electron chi connectivity index (χ2n) is 6.05. The highest BCUT2D eigenvalue weighted by molar-refractivity contribution is 8.03. The van der Waals surface area contributed by atoms with Crippen molar-refractivity contribution < 1.29 is 10.0 Å². The molecule has 0 radical (unpaired) electrons. The number of oxime groups is 1. The molecular weight excluding hydrogens is 381 g/mol. The van der Waals surface area contributed by atoms with E-state index >= 15 is 0 Å². The Labute approximate surface area is 161 Å². The van der Waals surface area contributed by atoms with Gasteiger partial charge >= 0.3 is 0 Å². The largest absolute Gasteiger partial charge is 0.411 e. The normalized spacial score (nSPS) is 27.2. The van der Waals surface area contributed by atoms with Crippen molar-refractivity contribution in [1.29, 1.82) is 0 Å². The van der Waals surface area contributed by atoms with Gasteiger partial charge in [-0.15, -0.1) is 0 Å². The van der Waals surface area contributed by atoms with Crippen LogP contribution in [0.1, 0.15) is 38.2 Å². The second kappa shape index (κ2) is 7.48. The van der Waals surface area contributed by atoms with Crippen LogP contribution < -0.4 is 5.32 Å². The fourth-order valence-corrected chi connectivity index (χ4v) is 4.70. The molecule has 0 saturated heterocycles. The predicted octanol–water partition coefficient (Wildman–Crippen LogP) is 4.53. The zero-order valence-electron chi connectivity index (χ0n) is 13.7. The molecule has 1 aliphatic carbocycles. The van der Waals surface area contributed by atoms with Crippen LogP contribution in [0.25, 0.3) is 0 Å². The Bertz CT molecular complexity index is 741. The number of benzene rings is 1. The van der Waals surface area contributed by atoms with Crippen molar-refractivity contribution in [1.82, 2.24) is 10.2 Å². The van der Waals surface area contributed by atoms with Gasteiger partial charge in [0.1, 0.15) is 0 Å². The van der Waals surface area contributed by atoms with E-state index < -0.39 is 4.99 Å². The lowest BCUT2D eigenvalue weighted by molar-refractivity contribution is -0.123. The van der Waals surface area contributed by atoms with Crippen molar-refractivity contribution in [2.24, 2.45) is 5.16 Å². The summed E-state index contributed by atoms with van der Waals surface area (Å²) in [6.07, 6.45) is 4.62. The van der Waals surface area contributed by atoms with Gasteiger partial charge in [-0.2, -0.15) is 0 Å². The summed E-state index contributed by atoms with van der Waals surface area (Å²) in [5, 5.41) is 18.5. The number of nitrogens with zero attached hydrogens (tertiary/aromatic N) is 2. The number of carbonyl (C=O) groups excluding carboxylic acids is 1. The van der Waals surface area contributed by atoms with Crippen LogP contribution in [0.2, 0.25) is 10.0 Å². The van der Waals surface area contributed by atoms with Gasteiger partial charge in [-0.05, 0) is 30.4 Å². The first-order valence-corrected chi connectivity index (χ1v) is 9.73. The molecule has 2 atom stereocenters. The molecule has 1 aromatic rings. The number of hydrogen-bond acceptors (Lipinski definition) is 5. The third-order valence-electron chi connectivity index (χ3n) is 4.54. The highest BCUT2D eigenvalue weighted by Crippen LogP contribution is 2.47. The summed E-state index contributed by atoms with van der Waals surface area (Å²) in [7, 11) is 0. The molecule has 1 fully saturated rings. The molecule has 1 heterocycles. The third-order valence-corrected chi connectivity index (χ3v) is 6.42. The molecule has 0 bridgehead atoms. The minimum Gasteiger partial charge on any atom is -0.411 e. The standard InChI is InChI=1S/C17H19Cl2N3O2S/c1-2-16(23)20-17(11-3-6-14(18)15(19)9-11)22(7-8-25-17)13-5-4-12(10-13)21-24/h3,6-9,13,24H,2,4-5,10H2,1H3,(H,20,23). The van der Waals surface area contributed by atoms with Crippen molar-refractivity contribution in [3.63, 3.8) is 0 Å². The van der Waals surface area contributed by atoms with E-state index in [1.165, 1.54) is 11.8 Å². The van der Waals surface area contributed by atoms with Gasteiger partial charge in [0.05, 0.1) is 15.8 Å². The molecule has 1 amide bonds. The van der Waals surface area contributed by atoms with Crippen molar-refractivity contribution in [3.05, 3.63) is 45.4 Å². The molecule has 2 unspecified atom stereocenters. The number of thioether (sulfide) groups is 1. The average Bonchev–Trinajstić information content (AvgIpc) is 3.24. The summed E-state index contributed by atoms with van der Waals surface area (Å²) < 4.78 is 0. The molecule has 5 nitrogen and oxygen atoms in total. The van der Waals surface area contributed by atoms with E-state index in [-0.39, 0.29) is 11.9 Å². The van der Waals surface area contributed by atoms with Crippen molar-refractivity contribution in [2.75, 3.05) is 0 Å². The lowest BCUT2D eigenvalue weighted by atomic mass is 10.1. The Morgan fingerprint density at radius 2 is 2.28 bits per heavy atom. The van der Waals surface area contributed by atoms with Crippen molar-refractivity contribution in [3.8, 4) is 0 Å². The van der Waals surface area contributed by atoms with Gasteiger partial charge in [0.25, 0.3) is 0 Å². The topological polar surface area (TPSA) is 64.9 Å². The van der Waals surface area contributed by atoms with Crippen LogP contribution in [0.15, 0.2) is 35.0 Å². The van der Waals surface area contributed by atoms with Crippen LogP contribution in [0.3, 0.4) is 0 Å². The van der Waals surface area contributed by atoms with E-state index in [9.17, 15) is 4.79 Å². The van der Waals surface area contributed by atoms with E-state index in [0.29, 0.717) is 22.9 Å². The Kier molecular flexibility index (Phi) is 5.51. The van der Waals surface area contributed by atoms with Crippen molar-refractivity contribution >= 4 is 46.6 Å². The molecule has 2 aliphatic rings. The number of halogens is 2. The molecule has 1 saturated carbocycles. The molecule has 2 N–H and O–H groups in total. The second-order valence-corrected chi connectivity index (χ2v) is 7.96. The van der Waals surface area contributed by atoms with Gasteiger partial charge in [0.2, 0.25) is 5.91 Å². The van der Waals surface area contributed by atoms with Crippen LogP contribution in [0.5, 0.6) is 0 Å². The summed E-state index contributed by atoms with van der Waals surface area (Å²) in [4.78, 5) is 13.6. The first-order chi connectivity index (χ1) is 12.0. The molecule has 3 rings (SSSR count). The number of carbonyl (C=O) groups is 1. The smallest absolute Gasteiger partial charge is 0.222 e. The summed E-state index contributed by atoms with van der Waals surface area (Å²) in [5.41, 5.74) is 1.63. The Hall–Kier alpha value is -1.37. The first-order valence-electron chi connectivity index (χ1n) is 8.09. The average molecular weight is 400 g/mol. The Balaban J connectivity index is 2.01. The number of nitrogens with one attached hydrogen (secondary N) is 1. The summed E-state index contributed by atoms with van der Waals surface area (Å²) >= 11 is 13.8. The summed E-state index contributed by atoms with van der Waals surface area (Å²) in [6.45, 7) is 1.82. The predicted molar refractivity (Wildman–Crippen MR) is 102 cm³/mol. The van der Waals surface area contributed by atoms with E-state index in [0.717, 1.165) is 24.1 Å². The SMILES string of the molecule is CCC(=O)NC1(c2ccc(Cl)c(Cl)c2)SC=CN1C1CCC(=NO)C1.